The lowest BCUT2D eigenvalue weighted by molar-refractivity contribution is -0.149. The van der Waals surface area contributed by atoms with Gasteiger partial charge in [0.05, 0.1) is 12.0 Å². The first kappa shape index (κ1) is 23.5. The van der Waals surface area contributed by atoms with Gasteiger partial charge in [-0.1, -0.05) is 23.8 Å². The molecule has 3 aliphatic rings. The van der Waals surface area contributed by atoms with Gasteiger partial charge in [0.15, 0.2) is 0 Å². The summed E-state index contributed by atoms with van der Waals surface area (Å²) in [7, 11) is 0. The molecular weight excluding hydrogens is 464 g/mol. The Morgan fingerprint density at radius 3 is 2.26 bits per heavy atom. The molecule has 184 valence electrons. The number of anilines is 1. The van der Waals surface area contributed by atoms with Crippen LogP contribution in [0.2, 0.25) is 0 Å². The maximum Gasteiger partial charge on any atom is 0.312 e. The quantitative estimate of drug-likeness (QED) is 0.662. The van der Waals surface area contributed by atoms with E-state index in [1.807, 2.05) is 48.7 Å². The van der Waals surface area contributed by atoms with Crippen molar-refractivity contribution in [2.45, 2.75) is 44.7 Å². The second kappa shape index (κ2) is 9.81. The number of benzene rings is 1. The van der Waals surface area contributed by atoms with Crippen molar-refractivity contribution in [3.8, 4) is 0 Å². The van der Waals surface area contributed by atoms with Gasteiger partial charge in [-0.25, -0.2) is 0 Å². The third-order valence-electron chi connectivity index (χ3n) is 7.05. The van der Waals surface area contributed by atoms with Gasteiger partial charge >= 0.3 is 11.8 Å². The molecule has 0 spiro atoms. The number of piperazine rings is 1. The molecule has 1 aromatic heterocycles. The first-order valence-corrected chi connectivity index (χ1v) is 13.1. The van der Waals surface area contributed by atoms with Crippen molar-refractivity contribution in [3.63, 3.8) is 0 Å². The van der Waals surface area contributed by atoms with Crippen molar-refractivity contribution in [3.05, 3.63) is 52.2 Å². The van der Waals surface area contributed by atoms with E-state index in [2.05, 4.69) is 5.32 Å². The Morgan fingerprint density at radius 2 is 1.63 bits per heavy atom. The standard InChI is InChI=1S/C26H30N4O4S/c1-17-4-8-19(9-5-17)30-22(31)11-10-20(23(30)21-3-2-16-35-21)25(33)28-12-14-29(15-13-28)26(34)24(32)27-18-6-7-18/h2-5,8-9,16,18,20,23H,6-7,10-15H2,1H3,(H,27,32). The van der Waals surface area contributed by atoms with Crippen molar-refractivity contribution in [2.24, 2.45) is 5.92 Å². The molecule has 2 aromatic rings. The van der Waals surface area contributed by atoms with E-state index in [4.69, 9.17) is 0 Å². The van der Waals surface area contributed by atoms with Gasteiger partial charge in [0.25, 0.3) is 0 Å². The molecule has 1 N–H and O–H groups in total. The van der Waals surface area contributed by atoms with Crippen molar-refractivity contribution in [2.75, 3.05) is 31.1 Å². The molecule has 5 rings (SSSR count). The van der Waals surface area contributed by atoms with Gasteiger partial charge < -0.3 is 20.0 Å². The molecule has 0 bridgehead atoms. The fourth-order valence-corrected chi connectivity index (χ4v) is 5.81. The number of hydrogen-bond acceptors (Lipinski definition) is 5. The van der Waals surface area contributed by atoms with Gasteiger partial charge in [-0.15, -0.1) is 11.3 Å². The molecule has 2 saturated heterocycles. The molecule has 9 heteroatoms. The zero-order chi connectivity index (χ0) is 24.5. The third kappa shape index (κ3) is 4.96. The Morgan fingerprint density at radius 1 is 0.943 bits per heavy atom. The highest BCUT2D eigenvalue weighted by Crippen LogP contribution is 2.42. The molecule has 1 aliphatic carbocycles. The van der Waals surface area contributed by atoms with Crippen LogP contribution < -0.4 is 10.2 Å². The maximum atomic E-state index is 13.8. The Balaban J connectivity index is 1.32. The van der Waals surface area contributed by atoms with Crippen LogP contribution in [0.25, 0.3) is 0 Å². The van der Waals surface area contributed by atoms with Gasteiger partial charge in [-0.05, 0) is 49.8 Å². The second-order valence-corrected chi connectivity index (χ2v) is 10.5. The minimum absolute atomic E-state index is 0.00235. The minimum atomic E-state index is -0.551. The summed E-state index contributed by atoms with van der Waals surface area (Å²) in [4.78, 5) is 57.6. The van der Waals surface area contributed by atoms with Crippen LogP contribution >= 0.6 is 11.3 Å². The zero-order valence-electron chi connectivity index (χ0n) is 19.8. The summed E-state index contributed by atoms with van der Waals surface area (Å²) in [5.74, 6) is -1.41. The van der Waals surface area contributed by atoms with Crippen LogP contribution in [-0.2, 0) is 19.2 Å². The number of nitrogens with zero attached hydrogens (tertiary/aromatic N) is 3. The summed E-state index contributed by atoms with van der Waals surface area (Å²) in [6.45, 7) is 3.44. The Bertz CT molecular complexity index is 1100. The van der Waals surface area contributed by atoms with Crippen molar-refractivity contribution < 1.29 is 19.2 Å². The van der Waals surface area contributed by atoms with E-state index >= 15 is 0 Å². The van der Waals surface area contributed by atoms with E-state index < -0.39 is 11.8 Å². The van der Waals surface area contributed by atoms with E-state index in [0.29, 0.717) is 39.0 Å². The fourth-order valence-electron chi connectivity index (χ4n) is 4.93. The molecule has 0 radical (unpaired) electrons. The molecule has 3 fully saturated rings. The largest absolute Gasteiger partial charge is 0.345 e. The van der Waals surface area contributed by atoms with Gasteiger partial charge in [0.1, 0.15) is 0 Å². The second-order valence-electron chi connectivity index (χ2n) is 9.57. The number of carbonyl (C=O) groups excluding carboxylic acids is 4. The predicted molar refractivity (Wildman–Crippen MR) is 133 cm³/mol. The SMILES string of the molecule is Cc1ccc(N2C(=O)CCC(C(=O)N3CCN(C(=O)C(=O)NC4CC4)CC3)C2c2cccs2)cc1. The van der Waals surface area contributed by atoms with Crippen LogP contribution in [0.4, 0.5) is 5.69 Å². The normalized spacial score (nSPS) is 22.8. The van der Waals surface area contributed by atoms with E-state index in [1.165, 1.54) is 4.90 Å². The van der Waals surface area contributed by atoms with Crippen LogP contribution in [0.15, 0.2) is 41.8 Å². The van der Waals surface area contributed by atoms with Crippen LogP contribution in [0.5, 0.6) is 0 Å². The van der Waals surface area contributed by atoms with E-state index in [0.717, 1.165) is 29.0 Å². The number of rotatable bonds is 4. The molecule has 35 heavy (non-hydrogen) atoms. The van der Waals surface area contributed by atoms with Gasteiger partial charge in [0.2, 0.25) is 11.8 Å². The summed E-state index contributed by atoms with van der Waals surface area (Å²) >= 11 is 1.56. The summed E-state index contributed by atoms with van der Waals surface area (Å²) in [6.07, 6.45) is 2.66. The van der Waals surface area contributed by atoms with Crippen LogP contribution in [0.1, 0.15) is 42.2 Å². The number of nitrogens with one attached hydrogen (secondary N) is 1. The first-order valence-electron chi connectivity index (χ1n) is 12.2. The lowest BCUT2D eigenvalue weighted by Crippen LogP contribution is -2.56. The van der Waals surface area contributed by atoms with Crippen LogP contribution in [0, 0.1) is 12.8 Å². The minimum Gasteiger partial charge on any atom is -0.345 e. The number of piperidine rings is 1. The molecule has 1 aromatic carbocycles. The topological polar surface area (TPSA) is 90.0 Å². The van der Waals surface area contributed by atoms with E-state index in [1.54, 1.807) is 21.1 Å². The van der Waals surface area contributed by atoms with Crippen LogP contribution in [0.3, 0.4) is 0 Å². The molecular formula is C26H30N4O4S. The summed E-state index contributed by atoms with van der Waals surface area (Å²) in [5.41, 5.74) is 1.91. The summed E-state index contributed by atoms with van der Waals surface area (Å²) in [5, 5.41) is 4.71. The lowest BCUT2D eigenvalue weighted by Gasteiger charge is -2.43. The number of hydrogen-bond donors (Lipinski definition) is 1. The van der Waals surface area contributed by atoms with E-state index in [9.17, 15) is 19.2 Å². The highest BCUT2D eigenvalue weighted by molar-refractivity contribution is 7.10. The highest BCUT2D eigenvalue weighted by Gasteiger charge is 2.44. The van der Waals surface area contributed by atoms with Crippen molar-refractivity contribution in [1.82, 2.24) is 15.1 Å². The monoisotopic (exact) mass is 494 g/mol. The molecule has 4 amide bonds. The Hall–Kier alpha value is -3.20. The highest BCUT2D eigenvalue weighted by atomic mass is 32.1. The molecule has 2 unspecified atom stereocenters. The fraction of sp³-hybridized carbons (Fsp3) is 0.462. The number of amides is 4. The smallest absolute Gasteiger partial charge is 0.312 e. The van der Waals surface area contributed by atoms with Crippen molar-refractivity contribution in [1.29, 1.82) is 0 Å². The lowest BCUT2D eigenvalue weighted by atomic mass is 9.85. The number of aryl methyl sites for hydroxylation is 1. The summed E-state index contributed by atoms with van der Waals surface area (Å²) < 4.78 is 0. The van der Waals surface area contributed by atoms with Gasteiger partial charge in [-0.2, -0.15) is 0 Å². The average molecular weight is 495 g/mol. The van der Waals surface area contributed by atoms with Crippen LogP contribution in [-0.4, -0.2) is 65.6 Å². The van der Waals surface area contributed by atoms with E-state index in [-0.39, 0.29) is 29.8 Å². The molecule has 1 saturated carbocycles. The predicted octanol–water partition coefficient (Wildman–Crippen LogP) is 2.49. The number of thiophene rings is 1. The zero-order valence-corrected chi connectivity index (χ0v) is 20.6. The van der Waals surface area contributed by atoms with Gasteiger partial charge in [0, 0.05) is 49.2 Å². The average Bonchev–Trinajstić information content (AvgIpc) is 3.52. The number of carbonyl (C=O) groups is 4. The first-order chi connectivity index (χ1) is 16.9. The molecule has 3 heterocycles. The molecule has 2 aliphatic heterocycles. The summed E-state index contributed by atoms with van der Waals surface area (Å²) in [6, 6.07) is 11.6. The third-order valence-corrected chi connectivity index (χ3v) is 7.99. The van der Waals surface area contributed by atoms with Gasteiger partial charge in [-0.3, -0.25) is 19.2 Å². The molecule has 8 nitrogen and oxygen atoms in total. The Labute approximate surface area is 208 Å². The Kier molecular flexibility index (Phi) is 6.60. The maximum absolute atomic E-state index is 13.8. The molecule has 2 atom stereocenters. The van der Waals surface area contributed by atoms with Crippen molar-refractivity contribution >= 4 is 40.7 Å².